The Morgan fingerprint density at radius 2 is 1.30 bits per heavy atom. The van der Waals surface area contributed by atoms with Gasteiger partial charge < -0.3 is 4.42 Å². The van der Waals surface area contributed by atoms with Crippen molar-refractivity contribution < 1.29 is 13.6 Å². The fourth-order valence-electron chi connectivity index (χ4n) is 11.0. The van der Waals surface area contributed by atoms with E-state index >= 15 is 0 Å². The lowest BCUT2D eigenvalue weighted by molar-refractivity contribution is -0.944. The second-order valence-electron chi connectivity index (χ2n) is 19.3. The van der Waals surface area contributed by atoms with E-state index in [0.717, 1.165) is 44.5 Å². The molecule has 1 atom stereocenters. The highest BCUT2D eigenvalue weighted by atomic mass is 28.3. The summed E-state index contributed by atoms with van der Waals surface area (Å²) in [6.45, 7) is 16.9. The van der Waals surface area contributed by atoms with Gasteiger partial charge in [-0.15, -0.1) is 9.13 Å². The summed E-state index contributed by atoms with van der Waals surface area (Å²) < 4.78 is 15.1. The number of aromatic nitrogens is 3. The van der Waals surface area contributed by atoms with Crippen molar-refractivity contribution in [3.8, 4) is 50.6 Å². The van der Waals surface area contributed by atoms with Crippen molar-refractivity contribution in [3.63, 3.8) is 0 Å². The van der Waals surface area contributed by atoms with Crippen LogP contribution in [0.1, 0.15) is 61.8 Å². The van der Waals surface area contributed by atoms with E-state index in [-0.39, 0.29) is 0 Å². The zero-order chi connectivity index (χ0) is 42.9. The number of imidazole rings is 1. The molecule has 306 valence electrons. The fraction of sp³-hybridized carbons (Fsp3) is 0.172. The second kappa shape index (κ2) is 13.6. The Hall–Kier alpha value is -6.82. The largest absolute Gasteiger partial charge is 0.455 e. The topological polar surface area (TPSA) is 25.8 Å². The third-order valence-electron chi connectivity index (χ3n) is 13.9. The van der Waals surface area contributed by atoms with Gasteiger partial charge >= 0.3 is 11.5 Å². The number of fused-ring (bicyclic) bond motifs is 16. The van der Waals surface area contributed by atoms with Gasteiger partial charge in [0.15, 0.2) is 22.8 Å². The van der Waals surface area contributed by atoms with Crippen molar-refractivity contribution in [2.24, 2.45) is 0 Å². The van der Waals surface area contributed by atoms with Crippen molar-refractivity contribution in [1.82, 2.24) is 4.57 Å². The van der Waals surface area contributed by atoms with Gasteiger partial charge in [-0.25, -0.2) is 0 Å². The van der Waals surface area contributed by atoms with Crippen LogP contribution in [0.25, 0.3) is 83.6 Å². The van der Waals surface area contributed by atoms with E-state index in [4.69, 9.17) is 4.42 Å². The number of hydrogen-bond donors (Lipinski definition) is 0. The van der Waals surface area contributed by atoms with Gasteiger partial charge in [0.1, 0.15) is 16.8 Å². The van der Waals surface area contributed by atoms with Crippen molar-refractivity contribution >= 4 is 46.2 Å². The zero-order valence-corrected chi connectivity index (χ0v) is 38.1. The number of nitrogens with zero attached hydrogens (tertiary/aromatic N) is 3. The summed E-state index contributed by atoms with van der Waals surface area (Å²) in [5.74, 6) is 1.86. The second-order valence-corrected chi connectivity index (χ2v) is 24.4. The molecule has 5 heteroatoms. The first kappa shape index (κ1) is 37.9. The fourth-order valence-corrected chi connectivity index (χ4v) is 12.7. The number of furan rings is 1. The minimum Gasteiger partial charge on any atom is -0.455 e. The average Bonchev–Trinajstić information content (AvgIpc) is 4.02. The summed E-state index contributed by atoms with van der Waals surface area (Å²) in [5, 5.41) is 3.77. The predicted octanol–water partition coefficient (Wildman–Crippen LogP) is 13.5. The van der Waals surface area contributed by atoms with E-state index in [1.807, 2.05) is 0 Å². The third-order valence-corrected chi connectivity index (χ3v) is 16.0. The van der Waals surface area contributed by atoms with E-state index in [1.54, 1.807) is 0 Å². The lowest BCUT2D eigenvalue weighted by atomic mass is 9.86. The molecular weight excluding hydrogens is 783 g/mol. The molecule has 0 saturated heterocycles. The highest BCUT2D eigenvalue weighted by Gasteiger charge is 2.67. The molecule has 0 radical (unpaired) electrons. The number of benzene rings is 7. The normalized spacial score (nSPS) is 15.3. The summed E-state index contributed by atoms with van der Waals surface area (Å²) in [6, 6.07) is 60.9. The van der Waals surface area contributed by atoms with Gasteiger partial charge in [0.2, 0.25) is 5.69 Å². The molecule has 1 unspecified atom stereocenters. The van der Waals surface area contributed by atoms with Gasteiger partial charge in [0.25, 0.3) is 0 Å². The van der Waals surface area contributed by atoms with E-state index in [1.165, 1.54) is 66.5 Å². The molecule has 12 rings (SSSR count). The molecule has 5 heterocycles. The predicted molar refractivity (Wildman–Crippen MR) is 262 cm³/mol. The van der Waals surface area contributed by atoms with Crippen molar-refractivity contribution in [2.45, 2.75) is 64.8 Å². The van der Waals surface area contributed by atoms with Gasteiger partial charge in [-0.05, 0) is 94.3 Å². The van der Waals surface area contributed by atoms with Gasteiger partial charge in [-0.2, -0.15) is 4.57 Å². The Labute approximate surface area is 370 Å². The van der Waals surface area contributed by atoms with E-state index in [9.17, 15) is 0 Å². The van der Waals surface area contributed by atoms with Crippen molar-refractivity contribution in [2.75, 3.05) is 0 Å². The van der Waals surface area contributed by atoms with Crippen LogP contribution >= 0.6 is 0 Å². The molecule has 2 aliphatic heterocycles. The molecule has 10 aromatic rings. The van der Waals surface area contributed by atoms with E-state index in [0.29, 0.717) is 11.8 Å². The van der Waals surface area contributed by atoms with Crippen LogP contribution in [0, 0.1) is 0 Å². The Morgan fingerprint density at radius 1 is 0.587 bits per heavy atom. The Balaban J connectivity index is 1.31. The molecule has 63 heavy (non-hydrogen) atoms. The number of hydrogen-bond acceptors (Lipinski definition) is 1. The first-order valence-corrected chi connectivity index (χ1v) is 26.1. The number of para-hydroxylation sites is 3. The molecule has 0 saturated carbocycles. The van der Waals surface area contributed by atoms with Crippen molar-refractivity contribution in [1.29, 1.82) is 0 Å². The third kappa shape index (κ3) is 5.26. The quantitative estimate of drug-likeness (QED) is 0.121. The van der Waals surface area contributed by atoms with Gasteiger partial charge in [-0.3, -0.25) is 0 Å². The minimum absolute atomic E-state index is 0.353. The highest BCUT2D eigenvalue weighted by molar-refractivity contribution is 6.89. The Kier molecular flexibility index (Phi) is 8.17. The molecule has 2 aliphatic rings. The molecular formula is C58H51N3OSi+2. The summed E-state index contributed by atoms with van der Waals surface area (Å²) in [5.41, 5.74) is 18.2. The smallest absolute Gasteiger partial charge is 0.364 e. The number of rotatable bonds is 6. The first-order chi connectivity index (χ1) is 30.6. The van der Waals surface area contributed by atoms with Crippen LogP contribution < -0.4 is 14.3 Å². The first-order valence-electron chi connectivity index (χ1n) is 22.6. The van der Waals surface area contributed by atoms with E-state index in [2.05, 4.69) is 231 Å². The van der Waals surface area contributed by atoms with Crippen LogP contribution in [0.5, 0.6) is 0 Å². The highest BCUT2D eigenvalue weighted by Crippen LogP contribution is 2.53. The molecule has 7 aromatic carbocycles. The summed E-state index contributed by atoms with van der Waals surface area (Å²) in [6.07, 6.45) is 2.58. The summed E-state index contributed by atoms with van der Waals surface area (Å²) in [4.78, 5) is 0. The SMILES string of the molecule is CC(C)c1ccc2c(c1)C1(c3ccc4c(oc5ccccc54)c3-c3n(-c4ccc(-c5ccccc5)cc4-c4ccccc4)c4ccccc4[n+]31)[n+]1cc([Si](C)(C)C)c(C(C)C)cc1-2. The average molecular weight is 834 g/mol. The molecule has 0 aliphatic carbocycles. The van der Waals surface area contributed by atoms with Gasteiger partial charge in [0.05, 0.1) is 24.8 Å². The molecule has 0 N–H and O–H groups in total. The summed E-state index contributed by atoms with van der Waals surface area (Å²) >= 11 is 0. The summed E-state index contributed by atoms with van der Waals surface area (Å²) in [7, 11) is -1.87. The molecule has 0 fully saturated rings. The zero-order valence-electron chi connectivity index (χ0n) is 37.1. The van der Waals surface area contributed by atoms with Crippen LogP contribution in [0.3, 0.4) is 0 Å². The minimum atomic E-state index is -1.87. The molecule has 0 bridgehead atoms. The van der Waals surface area contributed by atoms with Crippen LogP contribution in [0.15, 0.2) is 174 Å². The number of pyridine rings is 1. The maximum atomic E-state index is 7.17. The molecule has 3 aromatic heterocycles. The molecule has 0 amide bonds. The maximum Gasteiger partial charge on any atom is 0.364 e. The van der Waals surface area contributed by atoms with Crippen molar-refractivity contribution in [3.05, 3.63) is 192 Å². The lowest BCUT2D eigenvalue weighted by Crippen LogP contribution is -2.72. The van der Waals surface area contributed by atoms with Crippen LogP contribution in [0.2, 0.25) is 19.6 Å². The van der Waals surface area contributed by atoms with E-state index < -0.39 is 13.7 Å². The van der Waals surface area contributed by atoms with Gasteiger partial charge in [0, 0.05) is 27.6 Å². The molecule has 1 spiro atoms. The molecule has 4 nitrogen and oxygen atoms in total. The van der Waals surface area contributed by atoms with Crippen LogP contribution in [0.4, 0.5) is 0 Å². The van der Waals surface area contributed by atoms with Crippen LogP contribution in [-0.2, 0) is 5.66 Å². The Morgan fingerprint density at radius 3 is 2.05 bits per heavy atom. The van der Waals surface area contributed by atoms with Crippen LogP contribution in [-0.4, -0.2) is 12.6 Å². The standard InChI is InChI=1S/C58H51N3OSi/c1-36(2)40-26-28-44-48(33-40)58(59-35-54(63(5,6)7)45(37(3)4)34-52(44)59)47-30-29-43-42-22-14-17-25-53(42)62-56(43)55(47)57-60(50-23-15-16-24-51(50)61(57)58)49-31-27-41(38-18-10-8-11-19-38)32-46(49)39-20-12-9-13-21-39/h8-37H,1-7H3/q+2. The monoisotopic (exact) mass is 833 g/mol. The Bertz CT molecular complexity index is 3500. The lowest BCUT2D eigenvalue weighted by Gasteiger charge is -2.25. The van der Waals surface area contributed by atoms with Gasteiger partial charge in [-0.1, -0.05) is 150 Å². The maximum absolute atomic E-state index is 7.17.